The number of rotatable bonds is 6. The van der Waals surface area contributed by atoms with E-state index >= 15 is 0 Å². The summed E-state index contributed by atoms with van der Waals surface area (Å²) in [6.07, 6.45) is 4.95. The van der Waals surface area contributed by atoms with Crippen molar-refractivity contribution in [1.82, 2.24) is 14.2 Å². The van der Waals surface area contributed by atoms with Crippen LogP contribution in [-0.4, -0.2) is 27.1 Å². The van der Waals surface area contributed by atoms with Gasteiger partial charge < -0.3 is 9.30 Å². The molecule has 2 aromatic heterocycles. The van der Waals surface area contributed by atoms with Crippen molar-refractivity contribution in [2.75, 3.05) is 7.11 Å². The third-order valence-electron chi connectivity index (χ3n) is 4.91. The van der Waals surface area contributed by atoms with Crippen LogP contribution in [0.25, 0.3) is 22.8 Å². The highest BCUT2D eigenvalue weighted by Crippen LogP contribution is 2.33. The van der Waals surface area contributed by atoms with Gasteiger partial charge in [-0.25, -0.2) is 4.52 Å². The Labute approximate surface area is 183 Å². The lowest BCUT2D eigenvalue weighted by Gasteiger charge is -2.07. The highest BCUT2D eigenvalue weighted by molar-refractivity contribution is 6.36. The molecule has 0 amide bonds. The molecule has 0 aliphatic carbocycles. The maximum atomic E-state index is 13.2. The smallest absolute Gasteiger partial charge is 0.191 e. The van der Waals surface area contributed by atoms with Crippen LogP contribution in [0.4, 0.5) is 0 Å². The Morgan fingerprint density at radius 1 is 1.23 bits per heavy atom. The zero-order chi connectivity index (χ0) is 21.4. The predicted molar refractivity (Wildman–Crippen MR) is 122 cm³/mol. The van der Waals surface area contributed by atoms with Gasteiger partial charge in [-0.1, -0.05) is 41.4 Å². The van der Waals surface area contributed by atoms with E-state index in [2.05, 4.69) is 11.7 Å². The van der Waals surface area contributed by atoms with Crippen molar-refractivity contribution in [1.29, 1.82) is 0 Å². The zero-order valence-corrected chi connectivity index (χ0v) is 18.0. The lowest BCUT2D eigenvalue weighted by molar-refractivity contribution is 0.104. The number of hydrogen-bond donors (Lipinski definition) is 0. The largest absolute Gasteiger partial charge is 0.495 e. The minimum Gasteiger partial charge on any atom is -0.495 e. The summed E-state index contributed by atoms with van der Waals surface area (Å²) in [5.74, 6) is 0.288. The number of carbonyl (C=O) groups excluding carboxylic acids is 1. The number of fused-ring (bicyclic) bond motifs is 3. The van der Waals surface area contributed by atoms with Crippen LogP contribution in [0, 0.1) is 6.92 Å². The molecule has 0 bridgehead atoms. The van der Waals surface area contributed by atoms with E-state index in [1.54, 1.807) is 24.3 Å². The van der Waals surface area contributed by atoms with E-state index in [1.165, 1.54) is 13.2 Å². The molecule has 0 unspecified atom stereocenters. The first-order valence-electron chi connectivity index (χ1n) is 9.29. The maximum Gasteiger partial charge on any atom is 0.191 e. The number of halogens is 2. The highest BCUT2D eigenvalue weighted by atomic mass is 35.5. The summed E-state index contributed by atoms with van der Waals surface area (Å²) < 4.78 is 9.21. The number of methoxy groups -OCH3 is 1. The normalized spacial score (nSPS) is 11.6. The quantitative estimate of drug-likeness (QED) is 0.210. The third-order valence-corrected chi connectivity index (χ3v) is 5.40. The molecule has 0 aliphatic rings. The molecule has 2 heterocycles. The van der Waals surface area contributed by atoms with Crippen molar-refractivity contribution in [2.24, 2.45) is 0 Å². The number of aromatic nitrogens is 3. The van der Waals surface area contributed by atoms with Gasteiger partial charge in [-0.15, -0.1) is 6.58 Å². The van der Waals surface area contributed by atoms with Gasteiger partial charge in [0, 0.05) is 17.1 Å². The van der Waals surface area contributed by atoms with Gasteiger partial charge in [-0.3, -0.25) is 4.79 Å². The Bertz CT molecular complexity index is 1330. The number of para-hydroxylation sites is 2. The van der Waals surface area contributed by atoms with Crippen LogP contribution < -0.4 is 4.74 Å². The van der Waals surface area contributed by atoms with E-state index in [-0.39, 0.29) is 5.78 Å². The number of ketones is 1. The van der Waals surface area contributed by atoms with E-state index in [0.29, 0.717) is 39.2 Å². The first-order valence-corrected chi connectivity index (χ1v) is 10.0. The summed E-state index contributed by atoms with van der Waals surface area (Å²) >= 11 is 12.3. The Hall–Kier alpha value is -3.02. The third kappa shape index (κ3) is 3.30. The molecule has 0 spiro atoms. The van der Waals surface area contributed by atoms with Gasteiger partial charge >= 0.3 is 0 Å². The Balaban J connectivity index is 1.86. The molecule has 0 saturated carbocycles. The molecule has 7 heteroatoms. The van der Waals surface area contributed by atoms with Crippen molar-refractivity contribution in [2.45, 2.75) is 13.5 Å². The number of imidazole rings is 1. The average molecular weight is 440 g/mol. The molecule has 4 aromatic rings. The molecule has 0 saturated heterocycles. The van der Waals surface area contributed by atoms with Gasteiger partial charge in [0.2, 0.25) is 0 Å². The summed E-state index contributed by atoms with van der Waals surface area (Å²) in [5, 5.41) is 5.47. The first kappa shape index (κ1) is 20.3. The van der Waals surface area contributed by atoms with Crippen molar-refractivity contribution in [3.8, 4) is 5.75 Å². The Morgan fingerprint density at radius 2 is 1.97 bits per heavy atom. The summed E-state index contributed by atoms with van der Waals surface area (Å²) in [6.45, 7) is 6.24. The van der Waals surface area contributed by atoms with Crippen LogP contribution in [0.1, 0.15) is 21.6 Å². The number of aryl methyl sites for hydroxylation is 1. The summed E-state index contributed by atoms with van der Waals surface area (Å²) in [7, 11) is 1.52. The SMILES string of the molecule is C=CCn1c2ccccc2n2nc(C)c(C(=O)C=Cc3cc(Cl)cc(Cl)c3OC)c12. The van der Waals surface area contributed by atoms with Gasteiger partial charge in [0.1, 0.15) is 11.4 Å². The fourth-order valence-corrected chi connectivity index (χ4v) is 4.27. The van der Waals surface area contributed by atoms with Crippen LogP contribution in [0.15, 0.2) is 55.1 Å². The molecule has 30 heavy (non-hydrogen) atoms. The number of nitrogens with zero attached hydrogens (tertiary/aromatic N) is 3. The molecule has 4 rings (SSSR count). The van der Waals surface area contributed by atoms with Gasteiger partial charge in [0.05, 0.1) is 34.4 Å². The standard InChI is InChI=1S/C23H19Cl2N3O2/c1-4-11-27-18-7-5-6-8-19(18)28-23(27)21(14(2)26-28)20(29)10-9-15-12-16(24)13-17(25)22(15)30-3/h4-10,12-13H,1,11H2,2-3H3. The Morgan fingerprint density at radius 3 is 2.67 bits per heavy atom. The molecular weight excluding hydrogens is 421 g/mol. The molecule has 2 aromatic carbocycles. The molecule has 152 valence electrons. The van der Waals surface area contributed by atoms with E-state index in [0.717, 1.165) is 16.7 Å². The van der Waals surface area contributed by atoms with E-state index in [9.17, 15) is 4.79 Å². The minimum absolute atomic E-state index is 0.172. The maximum absolute atomic E-state index is 13.2. The van der Waals surface area contributed by atoms with Crippen molar-refractivity contribution in [3.05, 3.63) is 82.0 Å². The monoisotopic (exact) mass is 439 g/mol. The number of hydrogen-bond acceptors (Lipinski definition) is 3. The first-order chi connectivity index (χ1) is 14.5. The van der Waals surface area contributed by atoms with E-state index in [4.69, 9.17) is 27.9 Å². The van der Waals surface area contributed by atoms with Crippen LogP contribution in [0.2, 0.25) is 10.0 Å². The van der Waals surface area contributed by atoms with E-state index < -0.39 is 0 Å². The van der Waals surface area contributed by atoms with Crippen LogP contribution >= 0.6 is 23.2 Å². The number of allylic oxidation sites excluding steroid dienone is 2. The molecule has 0 aliphatic heterocycles. The molecule has 0 radical (unpaired) electrons. The fraction of sp³-hybridized carbons (Fsp3) is 0.130. The highest BCUT2D eigenvalue weighted by Gasteiger charge is 2.22. The summed E-state index contributed by atoms with van der Waals surface area (Å²) in [6, 6.07) is 11.2. The van der Waals surface area contributed by atoms with Gasteiger partial charge in [-0.2, -0.15) is 5.10 Å². The van der Waals surface area contributed by atoms with Gasteiger partial charge in [0.15, 0.2) is 5.78 Å². The number of carbonyl (C=O) groups is 1. The van der Waals surface area contributed by atoms with Crippen molar-refractivity contribution < 1.29 is 9.53 Å². The topological polar surface area (TPSA) is 48.5 Å². The van der Waals surface area contributed by atoms with Crippen molar-refractivity contribution >= 4 is 51.7 Å². The molecule has 0 atom stereocenters. The van der Waals surface area contributed by atoms with Crippen molar-refractivity contribution in [3.63, 3.8) is 0 Å². The van der Waals surface area contributed by atoms with Crippen LogP contribution in [0.3, 0.4) is 0 Å². The minimum atomic E-state index is -0.172. The fourth-order valence-electron chi connectivity index (χ4n) is 3.69. The second-order valence-corrected chi connectivity index (χ2v) is 7.64. The second-order valence-electron chi connectivity index (χ2n) is 6.79. The van der Waals surface area contributed by atoms with Gasteiger partial charge in [-0.05, 0) is 43.3 Å². The summed E-state index contributed by atoms with van der Waals surface area (Å²) in [5.41, 5.74) is 4.47. The van der Waals surface area contributed by atoms with E-state index in [1.807, 2.05) is 40.3 Å². The molecule has 5 nitrogen and oxygen atoms in total. The molecular formula is C23H19Cl2N3O2. The zero-order valence-electron chi connectivity index (χ0n) is 16.5. The second kappa shape index (κ2) is 8.01. The molecule has 0 N–H and O–H groups in total. The average Bonchev–Trinajstić information content (AvgIpc) is 3.20. The lowest BCUT2D eigenvalue weighted by Crippen LogP contribution is -2.02. The lowest BCUT2D eigenvalue weighted by atomic mass is 10.1. The molecule has 0 fully saturated rings. The van der Waals surface area contributed by atoms with Crippen LogP contribution in [0.5, 0.6) is 5.75 Å². The predicted octanol–water partition coefficient (Wildman–Crippen LogP) is 5.99. The Kier molecular flexibility index (Phi) is 5.41. The van der Waals surface area contributed by atoms with Gasteiger partial charge in [0.25, 0.3) is 0 Å². The van der Waals surface area contributed by atoms with Crippen LogP contribution in [-0.2, 0) is 6.54 Å². The number of ether oxygens (including phenoxy) is 1. The summed E-state index contributed by atoms with van der Waals surface area (Å²) in [4.78, 5) is 13.2. The number of benzene rings is 2.